The predicted octanol–water partition coefficient (Wildman–Crippen LogP) is 5.59. The second-order valence-electron chi connectivity index (χ2n) is 8.75. The highest BCUT2D eigenvalue weighted by Crippen LogP contribution is 2.28. The highest BCUT2D eigenvalue weighted by molar-refractivity contribution is 7.92. The fourth-order valence-electron chi connectivity index (χ4n) is 4.41. The van der Waals surface area contributed by atoms with Crippen LogP contribution in [0.4, 0.5) is 5.69 Å². The van der Waals surface area contributed by atoms with Gasteiger partial charge < -0.3 is 4.90 Å². The lowest BCUT2D eigenvalue weighted by Crippen LogP contribution is -2.40. The molecule has 0 aliphatic heterocycles. The van der Waals surface area contributed by atoms with Gasteiger partial charge in [0.2, 0.25) is 0 Å². The smallest absolute Gasteiger partial charge is 0.261 e. The minimum Gasteiger partial charge on any atom is -0.300 e. The highest BCUT2D eigenvalue weighted by Gasteiger charge is 2.24. The summed E-state index contributed by atoms with van der Waals surface area (Å²) in [5, 5.41) is 0. The van der Waals surface area contributed by atoms with E-state index in [1.165, 1.54) is 24.0 Å². The maximum absolute atomic E-state index is 12.8. The summed E-state index contributed by atoms with van der Waals surface area (Å²) in [4.78, 5) is 2.93. The number of rotatable bonds is 9. The average Bonchev–Trinajstić information content (AvgIpc) is 2.73. The van der Waals surface area contributed by atoms with Crippen LogP contribution in [0.3, 0.4) is 0 Å². The molecule has 4 nitrogen and oxygen atoms in total. The van der Waals surface area contributed by atoms with Gasteiger partial charge in [0, 0.05) is 11.7 Å². The van der Waals surface area contributed by atoms with Crippen LogP contribution in [-0.4, -0.2) is 32.4 Å². The molecule has 0 aromatic heterocycles. The van der Waals surface area contributed by atoms with Crippen molar-refractivity contribution in [3.63, 3.8) is 0 Å². The van der Waals surface area contributed by atoms with Crippen LogP contribution < -0.4 is 4.72 Å². The van der Waals surface area contributed by atoms with Crippen LogP contribution in [0.2, 0.25) is 0 Å². The van der Waals surface area contributed by atoms with Crippen LogP contribution in [0.15, 0.2) is 47.4 Å². The van der Waals surface area contributed by atoms with Gasteiger partial charge in [0.15, 0.2) is 0 Å². The normalized spacial score (nSPS) is 16.7. The molecule has 3 rings (SSSR count). The molecule has 2 aromatic carbocycles. The van der Waals surface area contributed by atoms with E-state index in [1.807, 2.05) is 24.3 Å². The van der Waals surface area contributed by atoms with Gasteiger partial charge in [-0.25, -0.2) is 8.42 Å². The summed E-state index contributed by atoms with van der Waals surface area (Å²) < 4.78 is 28.4. The van der Waals surface area contributed by atoms with E-state index in [4.69, 9.17) is 0 Å². The summed E-state index contributed by atoms with van der Waals surface area (Å²) in [6.45, 7) is 11.0. The highest BCUT2D eigenvalue weighted by atomic mass is 32.2. The van der Waals surface area contributed by atoms with Gasteiger partial charge in [-0.2, -0.15) is 0 Å². The third-order valence-electron chi connectivity index (χ3n) is 6.06. The Kier molecular flexibility index (Phi) is 7.59. The fraction of sp³-hybridized carbons (Fsp3) is 0.520. The van der Waals surface area contributed by atoms with Gasteiger partial charge in [-0.3, -0.25) is 4.72 Å². The zero-order chi connectivity index (χ0) is 21.7. The van der Waals surface area contributed by atoms with Crippen LogP contribution in [-0.2, 0) is 22.9 Å². The summed E-state index contributed by atoms with van der Waals surface area (Å²) >= 11 is 0. The molecule has 0 amide bonds. The van der Waals surface area contributed by atoms with Crippen molar-refractivity contribution in [1.29, 1.82) is 0 Å². The lowest BCUT2D eigenvalue weighted by Gasteiger charge is -2.35. The molecular formula is C25H36N2O2S. The molecule has 5 heteroatoms. The largest absolute Gasteiger partial charge is 0.300 e. The lowest BCUT2D eigenvalue weighted by molar-refractivity contribution is 0.180. The van der Waals surface area contributed by atoms with E-state index >= 15 is 0 Å². The average molecular weight is 429 g/mol. The molecular weight excluding hydrogens is 392 g/mol. The van der Waals surface area contributed by atoms with E-state index in [2.05, 4.69) is 43.4 Å². The minimum absolute atomic E-state index is 0.305. The minimum atomic E-state index is -3.58. The van der Waals surface area contributed by atoms with E-state index in [-0.39, 0.29) is 0 Å². The lowest BCUT2D eigenvalue weighted by atomic mass is 9.87. The third kappa shape index (κ3) is 5.44. The first-order chi connectivity index (χ1) is 14.3. The van der Waals surface area contributed by atoms with Gasteiger partial charge in [-0.15, -0.1) is 0 Å². The first-order valence-electron chi connectivity index (χ1n) is 11.3. The molecule has 0 radical (unpaired) electrons. The topological polar surface area (TPSA) is 49.4 Å². The molecule has 0 spiro atoms. The Morgan fingerprint density at radius 3 is 2.27 bits per heavy atom. The van der Waals surface area contributed by atoms with E-state index in [0.717, 1.165) is 37.9 Å². The monoisotopic (exact) mass is 428 g/mol. The van der Waals surface area contributed by atoms with Crippen molar-refractivity contribution in [2.45, 2.75) is 76.7 Å². The van der Waals surface area contributed by atoms with Crippen LogP contribution in [0.5, 0.6) is 0 Å². The Hall–Kier alpha value is -1.85. The summed E-state index contributed by atoms with van der Waals surface area (Å²) in [7, 11) is -3.58. The number of nitrogens with zero attached hydrogens (tertiary/aromatic N) is 1. The maximum Gasteiger partial charge on any atom is 0.261 e. The van der Waals surface area contributed by atoms with E-state index in [9.17, 15) is 8.42 Å². The molecule has 0 unspecified atom stereocenters. The molecule has 0 fully saturated rings. The Balaban J connectivity index is 1.72. The molecule has 0 heterocycles. The van der Waals surface area contributed by atoms with Crippen molar-refractivity contribution >= 4 is 15.7 Å². The molecule has 0 saturated heterocycles. The number of aryl methyl sites for hydroxylation is 1. The standard InChI is InChI=1S/C25H36N2O2S/c1-5-15-27(16-6-2)24-12-8-21-17-23(11-7-22(21)18-24)26-30(28,29)25-13-9-20(10-14-25)19(3)4/h7,9-11,13-14,17,19,24,26H,5-6,8,12,15-16,18H2,1-4H3/t24-/m1/s1. The Morgan fingerprint density at radius 1 is 1.00 bits per heavy atom. The quantitative estimate of drug-likeness (QED) is 0.566. The zero-order valence-corrected chi connectivity index (χ0v) is 19.6. The number of hydrogen-bond acceptors (Lipinski definition) is 3. The number of sulfonamides is 1. The predicted molar refractivity (Wildman–Crippen MR) is 126 cm³/mol. The van der Waals surface area contributed by atoms with Crippen molar-refractivity contribution in [3.8, 4) is 0 Å². The van der Waals surface area contributed by atoms with Crippen molar-refractivity contribution in [2.24, 2.45) is 0 Å². The van der Waals surface area contributed by atoms with Crippen molar-refractivity contribution < 1.29 is 8.42 Å². The second-order valence-corrected chi connectivity index (χ2v) is 10.4. The fourth-order valence-corrected chi connectivity index (χ4v) is 5.46. The van der Waals surface area contributed by atoms with Gasteiger partial charge in [-0.1, -0.05) is 45.9 Å². The third-order valence-corrected chi connectivity index (χ3v) is 7.45. The molecule has 0 saturated carbocycles. The SMILES string of the molecule is CCCN(CCC)[C@@H]1CCc2cc(NS(=O)(=O)c3ccc(C(C)C)cc3)ccc2C1. The summed E-state index contributed by atoms with van der Waals surface area (Å²) in [6, 6.07) is 13.8. The van der Waals surface area contributed by atoms with Gasteiger partial charge in [0.05, 0.1) is 4.90 Å². The van der Waals surface area contributed by atoms with Crippen molar-refractivity contribution in [2.75, 3.05) is 17.8 Å². The zero-order valence-electron chi connectivity index (χ0n) is 18.8. The first-order valence-corrected chi connectivity index (χ1v) is 12.8. The number of anilines is 1. The maximum atomic E-state index is 12.8. The first kappa shape index (κ1) is 22.8. The Morgan fingerprint density at radius 2 is 1.67 bits per heavy atom. The van der Waals surface area contributed by atoms with Crippen LogP contribution >= 0.6 is 0 Å². The summed E-state index contributed by atoms with van der Waals surface area (Å²) in [6.07, 6.45) is 5.56. The number of fused-ring (bicyclic) bond motifs is 1. The van der Waals surface area contributed by atoms with E-state index < -0.39 is 10.0 Å². The molecule has 1 atom stereocenters. The molecule has 1 aliphatic carbocycles. The van der Waals surface area contributed by atoms with Crippen LogP contribution in [0, 0.1) is 0 Å². The van der Waals surface area contributed by atoms with Gasteiger partial charge in [0.25, 0.3) is 10.0 Å². The Bertz CT molecular complexity index is 930. The second kappa shape index (κ2) is 9.97. The van der Waals surface area contributed by atoms with Crippen molar-refractivity contribution in [3.05, 3.63) is 59.2 Å². The molecule has 1 aliphatic rings. The van der Waals surface area contributed by atoms with Gasteiger partial charge in [-0.05, 0) is 92.1 Å². The van der Waals surface area contributed by atoms with Crippen LogP contribution in [0.25, 0.3) is 0 Å². The summed E-state index contributed by atoms with van der Waals surface area (Å²) in [5.41, 5.74) is 4.42. The van der Waals surface area contributed by atoms with Crippen molar-refractivity contribution in [1.82, 2.24) is 4.90 Å². The molecule has 0 bridgehead atoms. The number of nitrogens with one attached hydrogen (secondary N) is 1. The van der Waals surface area contributed by atoms with E-state index in [0.29, 0.717) is 22.5 Å². The number of hydrogen-bond donors (Lipinski definition) is 1. The van der Waals surface area contributed by atoms with E-state index in [1.54, 1.807) is 12.1 Å². The van der Waals surface area contributed by atoms with Crippen LogP contribution in [0.1, 0.15) is 69.6 Å². The molecule has 1 N–H and O–H groups in total. The molecule has 30 heavy (non-hydrogen) atoms. The number of benzene rings is 2. The van der Waals surface area contributed by atoms with Gasteiger partial charge in [0.1, 0.15) is 0 Å². The Labute approximate surface area is 182 Å². The van der Waals surface area contributed by atoms with Gasteiger partial charge >= 0.3 is 0 Å². The summed E-state index contributed by atoms with van der Waals surface area (Å²) in [5.74, 6) is 0.379. The molecule has 2 aromatic rings. The molecule has 164 valence electrons.